The predicted octanol–water partition coefficient (Wildman–Crippen LogP) is 4.44. The number of H-pyrrole nitrogens is 1. The summed E-state index contributed by atoms with van der Waals surface area (Å²) < 4.78 is 0. The van der Waals surface area contributed by atoms with Crippen molar-refractivity contribution in [3.05, 3.63) is 68.0 Å². The minimum atomic E-state index is -0.211. The first-order chi connectivity index (χ1) is 11.9. The van der Waals surface area contributed by atoms with E-state index in [0.717, 1.165) is 23.1 Å². The van der Waals surface area contributed by atoms with Gasteiger partial charge in [0.15, 0.2) is 0 Å². The molecule has 0 radical (unpaired) electrons. The second-order valence-corrected chi connectivity index (χ2v) is 6.72. The van der Waals surface area contributed by atoms with Crippen LogP contribution in [0.5, 0.6) is 11.5 Å². The van der Waals surface area contributed by atoms with Crippen molar-refractivity contribution in [3.63, 3.8) is 0 Å². The number of hydrogen-bond donors (Lipinski definition) is 3. The molecule has 0 spiro atoms. The Labute approximate surface area is 150 Å². The van der Waals surface area contributed by atoms with Crippen molar-refractivity contribution in [1.29, 1.82) is 0 Å². The van der Waals surface area contributed by atoms with Gasteiger partial charge in [-0.3, -0.25) is 4.79 Å². The lowest BCUT2D eigenvalue weighted by molar-refractivity contribution is 0.454. The van der Waals surface area contributed by atoms with E-state index in [2.05, 4.69) is 4.98 Å². The molecule has 0 saturated heterocycles. The first-order valence-corrected chi connectivity index (χ1v) is 8.63. The maximum absolute atomic E-state index is 12.7. The summed E-state index contributed by atoms with van der Waals surface area (Å²) in [5.41, 5.74) is 3.59. The van der Waals surface area contributed by atoms with Gasteiger partial charge in [-0.05, 0) is 36.1 Å². The van der Waals surface area contributed by atoms with Crippen LogP contribution in [0.15, 0.2) is 35.1 Å². The van der Waals surface area contributed by atoms with Crippen LogP contribution < -0.4 is 5.56 Å². The van der Waals surface area contributed by atoms with Crippen molar-refractivity contribution in [2.75, 3.05) is 0 Å². The summed E-state index contributed by atoms with van der Waals surface area (Å²) in [5, 5.41) is 21.3. The minimum absolute atomic E-state index is 0.0297. The maximum Gasteiger partial charge on any atom is 0.252 e. The molecule has 0 aliphatic carbocycles. The van der Waals surface area contributed by atoms with Gasteiger partial charge in [0.25, 0.3) is 5.56 Å². The second kappa shape index (κ2) is 6.81. The number of benzene rings is 2. The molecule has 3 aromatic rings. The van der Waals surface area contributed by atoms with Crippen LogP contribution in [0.3, 0.4) is 0 Å². The second-order valence-electron chi connectivity index (χ2n) is 6.31. The number of aromatic amines is 1. The van der Waals surface area contributed by atoms with Crippen LogP contribution in [0.1, 0.15) is 35.6 Å². The SMILES string of the molecule is CCCc1c(Cc2ccc(C)c(Cl)c2)c(=O)[nH]c2cc(O)cc(O)c12. The minimum Gasteiger partial charge on any atom is -0.508 e. The number of phenols is 2. The Kier molecular flexibility index (Phi) is 4.73. The molecular formula is C20H20ClNO3. The van der Waals surface area contributed by atoms with E-state index >= 15 is 0 Å². The van der Waals surface area contributed by atoms with Crippen LogP contribution in [0.4, 0.5) is 0 Å². The summed E-state index contributed by atoms with van der Waals surface area (Å²) in [5.74, 6) is -0.112. The van der Waals surface area contributed by atoms with Crippen molar-refractivity contribution in [2.24, 2.45) is 0 Å². The average Bonchev–Trinajstić information content (AvgIpc) is 2.53. The summed E-state index contributed by atoms with van der Waals surface area (Å²) >= 11 is 6.20. The molecule has 0 fully saturated rings. The molecule has 0 atom stereocenters. The van der Waals surface area contributed by atoms with Crippen LogP contribution in [0, 0.1) is 6.92 Å². The first kappa shape index (κ1) is 17.4. The third kappa shape index (κ3) is 3.35. The molecule has 1 heterocycles. The Morgan fingerprint density at radius 2 is 1.88 bits per heavy atom. The van der Waals surface area contributed by atoms with Gasteiger partial charge >= 0.3 is 0 Å². The van der Waals surface area contributed by atoms with E-state index in [1.54, 1.807) is 0 Å². The monoisotopic (exact) mass is 357 g/mol. The first-order valence-electron chi connectivity index (χ1n) is 8.25. The number of aromatic nitrogens is 1. The van der Waals surface area contributed by atoms with E-state index < -0.39 is 0 Å². The highest BCUT2D eigenvalue weighted by Crippen LogP contribution is 2.33. The van der Waals surface area contributed by atoms with E-state index in [0.29, 0.717) is 34.3 Å². The summed E-state index contributed by atoms with van der Waals surface area (Å²) in [7, 11) is 0. The summed E-state index contributed by atoms with van der Waals surface area (Å²) in [6.45, 7) is 3.96. The number of hydrogen-bond acceptors (Lipinski definition) is 3. The van der Waals surface area contributed by atoms with Crippen LogP contribution in [-0.2, 0) is 12.8 Å². The molecule has 130 valence electrons. The van der Waals surface area contributed by atoms with Crippen LogP contribution in [0.2, 0.25) is 5.02 Å². The molecule has 0 aliphatic rings. The fourth-order valence-corrected chi connectivity index (χ4v) is 3.38. The zero-order valence-corrected chi connectivity index (χ0v) is 14.9. The average molecular weight is 358 g/mol. The number of aromatic hydroxyl groups is 2. The van der Waals surface area contributed by atoms with Crippen molar-refractivity contribution in [2.45, 2.75) is 33.1 Å². The molecule has 0 bridgehead atoms. The van der Waals surface area contributed by atoms with E-state index in [1.165, 1.54) is 12.1 Å². The highest BCUT2D eigenvalue weighted by Gasteiger charge is 2.16. The van der Waals surface area contributed by atoms with Gasteiger partial charge in [-0.15, -0.1) is 0 Å². The quantitative estimate of drug-likeness (QED) is 0.646. The van der Waals surface area contributed by atoms with Gasteiger partial charge in [0.05, 0.1) is 5.52 Å². The van der Waals surface area contributed by atoms with Gasteiger partial charge in [0.2, 0.25) is 0 Å². The summed E-state index contributed by atoms with van der Waals surface area (Å²) in [6.07, 6.45) is 1.93. The predicted molar refractivity (Wildman–Crippen MR) is 101 cm³/mol. The Hall–Kier alpha value is -2.46. The zero-order chi connectivity index (χ0) is 18.1. The topological polar surface area (TPSA) is 73.3 Å². The van der Waals surface area contributed by atoms with Crippen molar-refractivity contribution >= 4 is 22.5 Å². The molecular weight excluding hydrogens is 338 g/mol. The van der Waals surface area contributed by atoms with Crippen molar-refractivity contribution < 1.29 is 10.2 Å². The fourth-order valence-electron chi connectivity index (χ4n) is 3.18. The highest BCUT2D eigenvalue weighted by atomic mass is 35.5. The molecule has 0 aliphatic heterocycles. The van der Waals surface area contributed by atoms with E-state index in [9.17, 15) is 15.0 Å². The van der Waals surface area contributed by atoms with Crippen LogP contribution >= 0.6 is 11.6 Å². The molecule has 4 nitrogen and oxygen atoms in total. The smallest absolute Gasteiger partial charge is 0.252 e. The molecule has 5 heteroatoms. The number of nitrogens with one attached hydrogen (secondary N) is 1. The Morgan fingerprint density at radius 1 is 1.12 bits per heavy atom. The number of phenolic OH excluding ortho intramolecular Hbond substituents is 2. The zero-order valence-electron chi connectivity index (χ0n) is 14.2. The van der Waals surface area contributed by atoms with Crippen LogP contribution in [0.25, 0.3) is 10.9 Å². The van der Waals surface area contributed by atoms with Gasteiger partial charge in [-0.2, -0.15) is 0 Å². The van der Waals surface area contributed by atoms with Gasteiger partial charge in [0, 0.05) is 34.5 Å². The molecule has 1 aromatic heterocycles. The lowest BCUT2D eigenvalue weighted by atomic mass is 9.94. The van der Waals surface area contributed by atoms with Crippen molar-refractivity contribution in [3.8, 4) is 11.5 Å². The Balaban J connectivity index is 2.22. The largest absolute Gasteiger partial charge is 0.508 e. The molecule has 3 rings (SSSR count). The van der Waals surface area contributed by atoms with E-state index in [1.807, 2.05) is 32.0 Å². The van der Waals surface area contributed by atoms with E-state index in [4.69, 9.17) is 11.6 Å². The molecule has 0 saturated carbocycles. The molecule has 0 amide bonds. The summed E-state index contributed by atoms with van der Waals surface area (Å²) in [4.78, 5) is 15.4. The number of aryl methyl sites for hydroxylation is 2. The standard InChI is InChI=1S/C20H20ClNO3/c1-3-4-14-15(7-12-6-5-11(2)16(21)8-12)20(25)22-17-9-13(23)10-18(24)19(14)17/h5-6,8-10,23-24H,3-4,7H2,1-2H3,(H,22,25). The normalized spacial score (nSPS) is 11.2. The number of rotatable bonds is 4. The summed E-state index contributed by atoms with van der Waals surface area (Å²) in [6, 6.07) is 8.51. The van der Waals surface area contributed by atoms with Gasteiger partial charge in [-0.25, -0.2) is 0 Å². The van der Waals surface area contributed by atoms with E-state index in [-0.39, 0.29) is 17.1 Å². The van der Waals surface area contributed by atoms with Gasteiger partial charge < -0.3 is 15.2 Å². The Bertz CT molecular complexity index is 1010. The van der Waals surface area contributed by atoms with Crippen LogP contribution in [-0.4, -0.2) is 15.2 Å². The van der Waals surface area contributed by atoms with Gasteiger partial charge in [-0.1, -0.05) is 37.1 Å². The third-order valence-electron chi connectivity index (χ3n) is 4.41. The Morgan fingerprint density at radius 3 is 2.56 bits per heavy atom. The van der Waals surface area contributed by atoms with Gasteiger partial charge in [0.1, 0.15) is 11.5 Å². The number of halogens is 1. The molecule has 3 N–H and O–H groups in total. The maximum atomic E-state index is 12.7. The lowest BCUT2D eigenvalue weighted by Crippen LogP contribution is -2.17. The molecule has 0 unspecified atom stereocenters. The molecule has 2 aromatic carbocycles. The van der Waals surface area contributed by atoms with Crippen molar-refractivity contribution in [1.82, 2.24) is 4.98 Å². The number of pyridine rings is 1. The number of fused-ring (bicyclic) bond motifs is 1. The lowest BCUT2D eigenvalue weighted by Gasteiger charge is -2.14. The molecule has 25 heavy (non-hydrogen) atoms. The fraction of sp³-hybridized carbons (Fsp3) is 0.250. The highest BCUT2D eigenvalue weighted by molar-refractivity contribution is 6.31. The third-order valence-corrected chi connectivity index (χ3v) is 4.81.